The van der Waals surface area contributed by atoms with Crippen LogP contribution in [0.25, 0.3) is 0 Å². The van der Waals surface area contributed by atoms with Crippen molar-refractivity contribution in [3.63, 3.8) is 0 Å². The van der Waals surface area contributed by atoms with Crippen molar-refractivity contribution in [2.24, 2.45) is 5.92 Å². The zero-order valence-electron chi connectivity index (χ0n) is 12.0. The van der Waals surface area contributed by atoms with Crippen LogP contribution in [-0.4, -0.2) is 25.5 Å². The number of alkyl halides is 3. The molecule has 0 spiro atoms. The highest BCUT2D eigenvalue weighted by atomic mass is 19.4. The number of quaternary nitrogens is 1. The molecule has 21 heavy (non-hydrogen) atoms. The summed E-state index contributed by atoms with van der Waals surface area (Å²) in [5, 5.41) is 2.40. The van der Waals surface area contributed by atoms with Crippen molar-refractivity contribution >= 4 is 11.6 Å². The van der Waals surface area contributed by atoms with Gasteiger partial charge in [0.25, 0.3) is 5.91 Å². The molecule has 0 unspecified atom stereocenters. The number of hydrogen-bond acceptors (Lipinski definition) is 1. The minimum absolute atomic E-state index is 0.167. The zero-order chi connectivity index (χ0) is 15.5. The fourth-order valence-electron chi connectivity index (χ4n) is 2.61. The van der Waals surface area contributed by atoms with Crippen LogP contribution in [0.3, 0.4) is 0 Å². The average molecular weight is 301 g/mol. The molecule has 0 saturated carbocycles. The Morgan fingerprint density at radius 3 is 2.52 bits per heavy atom. The van der Waals surface area contributed by atoms with E-state index in [9.17, 15) is 18.0 Å². The molecule has 1 amide bonds. The van der Waals surface area contributed by atoms with Gasteiger partial charge in [-0.05, 0) is 30.9 Å². The number of nitrogens with one attached hydrogen (secondary N) is 2. The second-order valence-corrected chi connectivity index (χ2v) is 5.70. The molecule has 1 aromatic rings. The number of hydrogen-bond donors (Lipinski definition) is 2. The van der Waals surface area contributed by atoms with E-state index >= 15 is 0 Å². The van der Waals surface area contributed by atoms with Crippen molar-refractivity contribution < 1.29 is 22.9 Å². The number of para-hydroxylation sites is 1. The molecule has 2 N–H and O–H groups in total. The number of halogens is 3. The van der Waals surface area contributed by atoms with Crippen molar-refractivity contribution in [1.82, 2.24) is 0 Å². The Kier molecular flexibility index (Phi) is 4.88. The lowest BCUT2D eigenvalue weighted by Gasteiger charge is -2.26. The SMILES string of the molecule is CC1CC[NH+](CC(=O)Nc2ccccc2C(F)(F)F)CC1. The van der Waals surface area contributed by atoms with Crippen molar-refractivity contribution in [3.05, 3.63) is 29.8 Å². The molecule has 0 bridgehead atoms. The van der Waals surface area contributed by atoms with Crippen molar-refractivity contribution in [2.45, 2.75) is 25.9 Å². The van der Waals surface area contributed by atoms with Gasteiger partial charge in [-0.1, -0.05) is 19.1 Å². The summed E-state index contributed by atoms with van der Waals surface area (Å²) >= 11 is 0. The fraction of sp³-hybridized carbons (Fsp3) is 0.533. The summed E-state index contributed by atoms with van der Waals surface area (Å²) in [6.45, 7) is 4.19. The lowest BCUT2D eigenvalue weighted by atomic mass is 9.99. The molecule has 2 rings (SSSR count). The molecule has 0 radical (unpaired) electrons. The Morgan fingerprint density at radius 2 is 1.90 bits per heavy atom. The molecule has 1 aliphatic rings. The van der Waals surface area contributed by atoms with Crippen molar-refractivity contribution in [1.29, 1.82) is 0 Å². The molecule has 0 aliphatic carbocycles. The van der Waals surface area contributed by atoms with Crippen LogP contribution < -0.4 is 10.2 Å². The number of carbonyl (C=O) groups is 1. The van der Waals surface area contributed by atoms with Crippen LogP contribution in [-0.2, 0) is 11.0 Å². The molecule has 1 saturated heterocycles. The lowest BCUT2D eigenvalue weighted by molar-refractivity contribution is -0.897. The molecule has 1 fully saturated rings. The van der Waals surface area contributed by atoms with Gasteiger partial charge in [-0.2, -0.15) is 13.2 Å². The second kappa shape index (κ2) is 6.47. The topological polar surface area (TPSA) is 33.5 Å². The summed E-state index contributed by atoms with van der Waals surface area (Å²) in [7, 11) is 0. The first-order chi connectivity index (χ1) is 9.86. The van der Waals surface area contributed by atoms with Gasteiger partial charge in [0.2, 0.25) is 0 Å². The minimum atomic E-state index is -4.46. The van der Waals surface area contributed by atoms with Gasteiger partial charge in [-0.25, -0.2) is 0 Å². The van der Waals surface area contributed by atoms with E-state index in [4.69, 9.17) is 0 Å². The maximum absolute atomic E-state index is 12.8. The summed E-state index contributed by atoms with van der Waals surface area (Å²) in [4.78, 5) is 13.1. The van der Waals surface area contributed by atoms with Crippen LogP contribution in [0.1, 0.15) is 25.3 Å². The van der Waals surface area contributed by atoms with E-state index in [1.54, 1.807) is 0 Å². The van der Waals surface area contributed by atoms with E-state index < -0.39 is 11.7 Å². The fourth-order valence-corrected chi connectivity index (χ4v) is 2.61. The quantitative estimate of drug-likeness (QED) is 0.879. The molecular formula is C15H20F3N2O+. The van der Waals surface area contributed by atoms with Crippen molar-refractivity contribution in [3.8, 4) is 0 Å². The molecule has 6 heteroatoms. The highest BCUT2D eigenvalue weighted by Gasteiger charge is 2.33. The molecule has 0 atom stereocenters. The maximum Gasteiger partial charge on any atom is 0.418 e. The van der Waals surface area contributed by atoms with Gasteiger partial charge in [-0.15, -0.1) is 0 Å². The summed E-state index contributed by atoms with van der Waals surface area (Å²) in [6.07, 6.45) is -2.35. The third-order valence-corrected chi connectivity index (χ3v) is 3.90. The van der Waals surface area contributed by atoms with E-state index in [2.05, 4.69) is 12.2 Å². The number of benzene rings is 1. The molecule has 1 aromatic carbocycles. The predicted octanol–water partition coefficient (Wildman–Crippen LogP) is 1.96. The highest BCUT2D eigenvalue weighted by molar-refractivity contribution is 5.92. The Bertz CT molecular complexity index is 494. The average Bonchev–Trinajstić information content (AvgIpc) is 2.41. The van der Waals surface area contributed by atoms with E-state index in [0.29, 0.717) is 5.92 Å². The number of rotatable bonds is 3. The van der Waals surface area contributed by atoms with Gasteiger partial charge in [0.15, 0.2) is 6.54 Å². The van der Waals surface area contributed by atoms with Gasteiger partial charge in [0.1, 0.15) is 0 Å². The van der Waals surface area contributed by atoms with E-state index in [1.807, 2.05) is 0 Å². The van der Waals surface area contributed by atoms with Crippen LogP contribution >= 0.6 is 0 Å². The maximum atomic E-state index is 12.8. The van der Waals surface area contributed by atoms with Crippen molar-refractivity contribution in [2.75, 3.05) is 25.0 Å². The zero-order valence-corrected chi connectivity index (χ0v) is 12.0. The minimum Gasteiger partial charge on any atom is -0.327 e. The Hall–Kier alpha value is -1.56. The monoisotopic (exact) mass is 301 g/mol. The second-order valence-electron chi connectivity index (χ2n) is 5.70. The van der Waals surface area contributed by atoms with Gasteiger partial charge in [0, 0.05) is 0 Å². The first-order valence-corrected chi connectivity index (χ1v) is 7.16. The Labute approximate surface area is 122 Å². The van der Waals surface area contributed by atoms with Crippen LogP contribution in [0, 0.1) is 5.92 Å². The summed E-state index contributed by atoms with van der Waals surface area (Å²) in [5.41, 5.74) is -0.972. The van der Waals surface area contributed by atoms with E-state index in [0.717, 1.165) is 36.9 Å². The Morgan fingerprint density at radius 1 is 1.29 bits per heavy atom. The predicted molar refractivity (Wildman–Crippen MR) is 74.0 cm³/mol. The van der Waals surface area contributed by atoms with Gasteiger partial charge < -0.3 is 10.2 Å². The van der Waals surface area contributed by atoms with Crippen LogP contribution in [0.15, 0.2) is 24.3 Å². The number of carbonyl (C=O) groups excluding carboxylic acids is 1. The highest BCUT2D eigenvalue weighted by Crippen LogP contribution is 2.34. The Balaban J connectivity index is 1.97. The first-order valence-electron chi connectivity index (χ1n) is 7.16. The number of anilines is 1. The molecular weight excluding hydrogens is 281 g/mol. The molecule has 1 heterocycles. The lowest BCUT2D eigenvalue weighted by Crippen LogP contribution is -3.14. The van der Waals surface area contributed by atoms with E-state index in [1.165, 1.54) is 18.2 Å². The number of amides is 1. The standard InChI is InChI=1S/C15H19F3N2O/c1-11-6-8-20(9-7-11)10-14(21)19-13-5-3-2-4-12(13)15(16,17)18/h2-5,11H,6-10H2,1H3,(H,19,21)/p+1. The third kappa shape index (κ3) is 4.46. The van der Waals surface area contributed by atoms with Gasteiger partial charge in [-0.3, -0.25) is 4.79 Å². The van der Waals surface area contributed by atoms with Gasteiger partial charge in [0.05, 0.1) is 24.3 Å². The summed E-state index contributed by atoms with van der Waals surface area (Å²) in [6, 6.07) is 5.06. The number of piperidine rings is 1. The summed E-state index contributed by atoms with van der Waals surface area (Å²) < 4.78 is 38.5. The third-order valence-electron chi connectivity index (χ3n) is 3.90. The van der Waals surface area contributed by atoms with E-state index in [-0.39, 0.29) is 18.1 Å². The molecule has 1 aliphatic heterocycles. The van der Waals surface area contributed by atoms with Crippen LogP contribution in [0.2, 0.25) is 0 Å². The smallest absolute Gasteiger partial charge is 0.327 e. The first kappa shape index (κ1) is 15.8. The molecule has 3 nitrogen and oxygen atoms in total. The summed E-state index contributed by atoms with van der Waals surface area (Å²) in [5.74, 6) is 0.305. The van der Waals surface area contributed by atoms with Gasteiger partial charge >= 0.3 is 6.18 Å². The normalized spacial score (nSPS) is 22.9. The molecule has 0 aromatic heterocycles. The van der Waals surface area contributed by atoms with Crippen LogP contribution in [0.4, 0.5) is 18.9 Å². The number of likely N-dealkylation sites (tertiary alicyclic amines) is 1. The van der Waals surface area contributed by atoms with Crippen LogP contribution in [0.5, 0.6) is 0 Å². The molecule has 116 valence electrons. The largest absolute Gasteiger partial charge is 0.418 e.